The fourth-order valence-electron chi connectivity index (χ4n) is 1.38. The third kappa shape index (κ3) is 1.35. The Labute approximate surface area is 81.5 Å². The van der Waals surface area contributed by atoms with Crippen molar-refractivity contribution in [3.63, 3.8) is 0 Å². The highest BCUT2D eigenvalue weighted by Crippen LogP contribution is 2.17. The van der Waals surface area contributed by atoms with Gasteiger partial charge < -0.3 is 5.32 Å². The number of nitrogens with one attached hydrogen (secondary N) is 1. The number of rotatable bonds is 1. The molecule has 3 amide bonds. The molecule has 0 bridgehead atoms. The van der Waals surface area contributed by atoms with Gasteiger partial charge in [-0.15, -0.1) is 0 Å². The Morgan fingerprint density at radius 3 is 2.36 bits per heavy atom. The summed E-state index contributed by atoms with van der Waals surface area (Å²) in [6, 6.07) is 6.91. The quantitative estimate of drug-likeness (QED) is 0.673. The number of hydrogen-bond acceptors (Lipinski definition) is 2. The molecule has 0 saturated carbocycles. The molecule has 2 rings (SSSR count). The van der Waals surface area contributed by atoms with Gasteiger partial charge in [-0.1, -0.05) is 17.7 Å². The van der Waals surface area contributed by atoms with E-state index in [1.54, 1.807) is 12.1 Å². The Morgan fingerprint density at radius 2 is 1.86 bits per heavy atom. The molecule has 0 aliphatic carbocycles. The smallest absolute Gasteiger partial charge is 0.328 e. The van der Waals surface area contributed by atoms with Crippen LogP contribution >= 0.6 is 0 Å². The summed E-state index contributed by atoms with van der Waals surface area (Å²) in [6.45, 7) is 2.04. The molecule has 0 aromatic heterocycles. The van der Waals surface area contributed by atoms with Crippen molar-refractivity contribution in [2.75, 3.05) is 11.4 Å². The molecule has 4 nitrogen and oxygen atoms in total. The maximum Gasteiger partial charge on any atom is 0.329 e. The Morgan fingerprint density at radius 1 is 1.21 bits per heavy atom. The Kier molecular flexibility index (Phi) is 1.96. The lowest BCUT2D eigenvalue weighted by molar-refractivity contribution is -0.115. The highest BCUT2D eigenvalue weighted by atomic mass is 16.2. The summed E-state index contributed by atoms with van der Waals surface area (Å²) in [7, 11) is 0. The fraction of sp³-hybridized carbons (Fsp3) is 0.200. The molecule has 0 unspecified atom stereocenters. The average Bonchev–Trinajstić information content (AvgIpc) is 2.49. The molecule has 1 aromatic rings. The number of imide groups is 1. The first-order valence-corrected chi connectivity index (χ1v) is 4.36. The van der Waals surface area contributed by atoms with Crippen molar-refractivity contribution < 1.29 is 9.59 Å². The van der Waals surface area contributed by atoms with Crippen LogP contribution in [0.15, 0.2) is 24.3 Å². The van der Waals surface area contributed by atoms with E-state index in [9.17, 15) is 9.59 Å². The van der Waals surface area contributed by atoms with Crippen molar-refractivity contribution in [3.05, 3.63) is 29.8 Å². The van der Waals surface area contributed by atoms with Gasteiger partial charge in [0.1, 0.15) is 0 Å². The number of anilines is 1. The van der Waals surface area contributed by atoms with Gasteiger partial charge in [0.05, 0.1) is 12.2 Å². The van der Waals surface area contributed by atoms with Gasteiger partial charge >= 0.3 is 6.03 Å². The summed E-state index contributed by atoms with van der Waals surface area (Å²) >= 11 is 0. The molecule has 14 heavy (non-hydrogen) atoms. The zero-order valence-corrected chi connectivity index (χ0v) is 7.78. The van der Waals surface area contributed by atoms with Crippen molar-refractivity contribution in [1.82, 2.24) is 5.32 Å². The number of urea groups is 1. The second-order valence-electron chi connectivity index (χ2n) is 3.22. The molecule has 1 fully saturated rings. The molecule has 0 spiro atoms. The van der Waals surface area contributed by atoms with Gasteiger partial charge in [0.25, 0.3) is 5.91 Å². The predicted molar refractivity (Wildman–Crippen MR) is 52.1 cm³/mol. The van der Waals surface area contributed by atoms with Crippen molar-refractivity contribution in [1.29, 1.82) is 0 Å². The number of amides is 3. The van der Waals surface area contributed by atoms with Gasteiger partial charge in [0.2, 0.25) is 0 Å². The van der Waals surface area contributed by atoms with E-state index in [0.717, 1.165) is 10.5 Å². The zero-order chi connectivity index (χ0) is 10.1. The minimum absolute atomic E-state index is 0.0900. The van der Waals surface area contributed by atoms with Gasteiger partial charge in [-0.2, -0.15) is 0 Å². The third-order valence-corrected chi connectivity index (χ3v) is 2.14. The highest BCUT2D eigenvalue weighted by molar-refractivity contribution is 6.19. The predicted octanol–water partition coefficient (Wildman–Crippen LogP) is 1.05. The van der Waals surface area contributed by atoms with E-state index < -0.39 is 0 Å². The third-order valence-electron chi connectivity index (χ3n) is 2.14. The van der Waals surface area contributed by atoms with E-state index in [2.05, 4.69) is 5.32 Å². The molecular weight excluding hydrogens is 180 g/mol. The van der Waals surface area contributed by atoms with Crippen LogP contribution in [0.5, 0.6) is 0 Å². The molecule has 1 aliphatic rings. The Bertz CT molecular complexity index is 368. The first-order valence-electron chi connectivity index (χ1n) is 4.36. The van der Waals surface area contributed by atoms with Gasteiger partial charge in [-0.3, -0.25) is 4.79 Å². The fourth-order valence-corrected chi connectivity index (χ4v) is 1.38. The summed E-state index contributed by atoms with van der Waals surface area (Å²) in [5, 5.41) is 2.47. The second kappa shape index (κ2) is 3.14. The van der Waals surface area contributed by atoms with Crippen LogP contribution in [-0.2, 0) is 4.79 Å². The van der Waals surface area contributed by atoms with Gasteiger partial charge in [0.15, 0.2) is 0 Å². The van der Waals surface area contributed by atoms with Crippen LogP contribution < -0.4 is 10.2 Å². The first kappa shape index (κ1) is 8.74. The molecular formula is C10H10N2O2. The van der Waals surface area contributed by atoms with Gasteiger partial charge in [-0.05, 0) is 19.1 Å². The number of nitrogens with zero attached hydrogens (tertiary/aromatic N) is 1. The second-order valence-corrected chi connectivity index (χ2v) is 3.22. The topological polar surface area (TPSA) is 49.4 Å². The molecule has 1 aliphatic heterocycles. The Hall–Kier alpha value is -1.84. The van der Waals surface area contributed by atoms with Crippen molar-refractivity contribution in [2.45, 2.75) is 6.92 Å². The summed E-state index contributed by atoms with van der Waals surface area (Å²) in [5.41, 5.74) is 1.72. The normalized spacial score (nSPS) is 15.9. The highest BCUT2D eigenvalue weighted by Gasteiger charge is 2.29. The van der Waals surface area contributed by atoms with Crippen molar-refractivity contribution >= 4 is 17.6 Å². The molecule has 1 saturated heterocycles. The van der Waals surface area contributed by atoms with Crippen LogP contribution in [0.25, 0.3) is 0 Å². The van der Waals surface area contributed by atoms with Gasteiger partial charge in [-0.25, -0.2) is 9.69 Å². The summed E-state index contributed by atoms with van der Waals surface area (Å²) < 4.78 is 0. The van der Waals surface area contributed by atoms with Crippen molar-refractivity contribution in [3.8, 4) is 0 Å². The van der Waals surface area contributed by atoms with Gasteiger partial charge in [0, 0.05) is 0 Å². The van der Waals surface area contributed by atoms with E-state index in [-0.39, 0.29) is 18.5 Å². The van der Waals surface area contributed by atoms with Crippen LogP contribution in [0.2, 0.25) is 0 Å². The summed E-state index contributed by atoms with van der Waals surface area (Å²) in [4.78, 5) is 23.7. The lowest BCUT2D eigenvalue weighted by atomic mass is 10.2. The molecule has 1 aromatic carbocycles. The minimum atomic E-state index is -0.348. The van der Waals surface area contributed by atoms with Crippen molar-refractivity contribution in [2.24, 2.45) is 0 Å². The number of hydrogen-bond donors (Lipinski definition) is 1. The lowest BCUT2D eigenvalue weighted by Gasteiger charge is -2.11. The maximum absolute atomic E-state index is 11.3. The number of benzene rings is 1. The molecule has 0 radical (unpaired) electrons. The number of aryl methyl sites for hydroxylation is 1. The molecule has 1 N–H and O–H groups in total. The van der Waals surface area contributed by atoms with E-state index in [4.69, 9.17) is 0 Å². The first-order chi connectivity index (χ1) is 6.68. The van der Waals surface area contributed by atoms with Crippen LogP contribution in [0.3, 0.4) is 0 Å². The number of carbonyl (C=O) groups is 2. The standard InChI is InChI=1S/C10H10N2O2/c1-7-2-4-8(5-3-7)12-9(13)6-11-10(12)14/h2-5H,6H2,1H3,(H,11,14). The maximum atomic E-state index is 11.3. The molecule has 0 atom stereocenters. The zero-order valence-electron chi connectivity index (χ0n) is 7.78. The lowest BCUT2D eigenvalue weighted by Crippen LogP contribution is -2.30. The SMILES string of the molecule is Cc1ccc(N2C(=O)CNC2=O)cc1. The average molecular weight is 190 g/mol. The summed E-state index contributed by atoms with van der Waals surface area (Å²) in [6.07, 6.45) is 0. The van der Waals surface area contributed by atoms with E-state index in [1.165, 1.54) is 0 Å². The van der Waals surface area contributed by atoms with Crippen LogP contribution in [0.4, 0.5) is 10.5 Å². The largest absolute Gasteiger partial charge is 0.329 e. The number of carbonyl (C=O) groups excluding carboxylic acids is 2. The van der Waals surface area contributed by atoms with Crippen LogP contribution in [0, 0.1) is 6.92 Å². The van der Waals surface area contributed by atoms with Crippen LogP contribution in [0.1, 0.15) is 5.56 Å². The van der Waals surface area contributed by atoms with E-state index >= 15 is 0 Å². The minimum Gasteiger partial charge on any atom is -0.328 e. The summed E-state index contributed by atoms with van der Waals surface area (Å²) in [5.74, 6) is -0.209. The molecule has 72 valence electrons. The molecule has 4 heteroatoms. The molecule has 1 heterocycles. The van der Waals surface area contributed by atoms with Crippen LogP contribution in [-0.4, -0.2) is 18.5 Å². The monoisotopic (exact) mass is 190 g/mol. The van der Waals surface area contributed by atoms with E-state index in [0.29, 0.717) is 5.69 Å². The van der Waals surface area contributed by atoms with E-state index in [1.807, 2.05) is 19.1 Å². The Balaban J connectivity index is 2.34.